The van der Waals surface area contributed by atoms with E-state index >= 15 is 0 Å². The van der Waals surface area contributed by atoms with Gasteiger partial charge in [0.2, 0.25) is 0 Å². The molecule has 1 saturated heterocycles. The number of aryl methyl sites for hydroxylation is 2. The third kappa shape index (κ3) is 3.91. The summed E-state index contributed by atoms with van der Waals surface area (Å²) in [6.45, 7) is 1.51. The molecule has 1 heterocycles. The highest BCUT2D eigenvalue weighted by atomic mass is 16.5. The molecule has 4 heteroatoms. The Bertz CT molecular complexity index is 772. The first kappa shape index (κ1) is 17.1. The van der Waals surface area contributed by atoms with Gasteiger partial charge in [-0.1, -0.05) is 36.4 Å². The van der Waals surface area contributed by atoms with Crippen LogP contribution in [-0.4, -0.2) is 19.1 Å². The van der Waals surface area contributed by atoms with Crippen molar-refractivity contribution in [1.29, 1.82) is 0 Å². The number of nitrogens with two attached hydrogens (primary N) is 1. The number of aliphatic imine (C=N–C) groups is 1. The standard InChI is InChI=1S/C22H27N3O/c23-22(25-20-12-11-16-8-4-9-18(16)14-20)24-15-19-10-5-13-26-21(19)17-6-2-1-3-7-17/h1-3,6-7,11-12,14,19,21H,4-5,8-10,13,15H2,(H3,23,24,25). The van der Waals surface area contributed by atoms with Crippen LogP contribution < -0.4 is 11.1 Å². The molecule has 26 heavy (non-hydrogen) atoms. The van der Waals surface area contributed by atoms with E-state index < -0.39 is 0 Å². The van der Waals surface area contributed by atoms with E-state index in [1.54, 1.807) is 0 Å². The van der Waals surface area contributed by atoms with E-state index in [4.69, 9.17) is 10.5 Å². The van der Waals surface area contributed by atoms with Crippen LogP contribution in [0.25, 0.3) is 0 Å². The molecule has 2 atom stereocenters. The number of benzene rings is 2. The Labute approximate surface area is 155 Å². The lowest BCUT2D eigenvalue weighted by molar-refractivity contribution is -0.0249. The second-order valence-corrected chi connectivity index (χ2v) is 7.29. The van der Waals surface area contributed by atoms with Crippen LogP contribution in [-0.2, 0) is 17.6 Å². The number of guanidine groups is 1. The fourth-order valence-corrected chi connectivity index (χ4v) is 4.09. The zero-order valence-corrected chi connectivity index (χ0v) is 15.2. The van der Waals surface area contributed by atoms with Crippen LogP contribution in [0, 0.1) is 5.92 Å². The minimum Gasteiger partial charge on any atom is -0.373 e. The summed E-state index contributed by atoms with van der Waals surface area (Å²) in [5.41, 5.74) is 11.3. The van der Waals surface area contributed by atoms with Gasteiger partial charge in [0, 0.05) is 24.8 Å². The van der Waals surface area contributed by atoms with Crippen LogP contribution in [0.4, 0.5) is 5.69 Å². The summed E-state index contributed by atoms with van der Waals surface area (Å²) >= 11 is 0. The summed E-state index contributed by atoms with van der Waals surface area (Å²) in [6.07, 6.45) is 5.94. The molecule has 0 saturated carbocycles. The molecule has 0 bridgehead atoms. The van der Waals surface area contributed by atoms with Gasteiger partial charge in [-0.3, -0.25) is 4.99 Å². The molecule has 0 aromatic heterocycles. The number of nitrogens with one attached hydrogen (secondary N) is 1. The van der Waals surface area contributed by atoms with Gasteiger partial charge in [-0.25, -0.2) is 0 Å². The third-order valence-electron chi connectivity index (χ3n) is 5.44. The summed E-state index contributed by atoms with van der Waals surface area (Å²) < 4.78 is 6.05. The van der Waals surface area contributed by atoms with Gasteiger partial charge < -0.3 is 15.8 Å². The van der Waals surface area contributed by atoms with Crippen molar-refractivity contribution in [2.24, 2.45) is 16.6 Å². The van der Waals surface area contributed by atoms with Gasteiger partial charge in [0.25, 0.3) is 0 Å². The van der Waals surface area contributed by atoms with E-state index in [-0.39, 0.29) is 6.10 Å². The largest absolute Gasteiger partial charge is 0.373 e. The van der Waals surface area contributed by atoms with Crippen molar-refractivity contribution in [3.63, 3.8) is 0 Å². The van der Waals surface area contributed by atoms with E-state index in [9.17, 15) is 0 Å². The molecule has 2 aromatic carbocycles. The van der Waals surface area contributed by atoms with Crippen LogP contribution in [0.3, 0.4) is 0 Å². The van der Waals surface area contributed by atoms with Gasteiger partial charge in [0.05, 0.1) is 6.10 Å². The normalized spacial score (nSPS) is 22.8. The second-order valence-electron chi connectivity index (χ2n) is 7.29. The van der Waals surface area contributed by atoms with Gasteiger partial charge in [0.15, 0.2) is 5.96 Å². The monoisotopic (exact) mass is 349 g/mol. The van der Waals surface area contributed by atoms with E-state index in [2.05, 4.69) is 52.8 Å². The van der Waals surface area contributed by atoms with Gasteiger partial charge in [0.1, 0.15) is 0 Å². The summed E-state index contributed by atoms with van der Waals surface area (Å²) in [6, 6.07) is 17.0. The van der Waals surface area contributed by atoms with E-state index in [1.165, 1.54) is 36.0 Å². The Balaban J connectivity index is 1.41. The summed E-state index contributed by atoms with van der Waals surface area (Å²) in [4.78, 5) is 4.62. The molecule has 3 N–H and O–H groups in total. The highest BCUT2D eigenvalue weighted by molar-refractivity contribution is 5.92. The Kier molecular flexibility index (Phi) is 5.21. The number of hydrogen-bond acceptors (Lipinski definition) is 2. The number of anilines is 1. The van der Waals surface area contributed by atoms with E-state index in [0.717, 1.165) is 25.1 Å². The molecule has 4 nitrogen and oxygen atoms in total. The van der Waals surface area contributed by atoms with Crippen molar-refractivity contribution in [2.45, 2.75) is 38.2 Å². The first-order chi connectivity index (χ1) is 12.8. The SMILES string of the molecule is NC(=NCC1CCCOC1c1ccccc1)Nc1ccc2c(c1)CCC2. The van der Waals surface area contributed by atoms with Crippen LogP contribution in [0.15, 0.2) is 53.5 Å². The lowest BCUT2D eigenvalue weighted by Crippen LogP contribution is -2.28. The fourth-order valence-electron chi connectivity index (χ4n) is 4.09. The molecule has 1 aliphatic heterocycles. The minimum absolute atomic E-state index is 0.112. The van der Waals surface area contributed by atoms with Gasteiger partial charge in [-0.15, -0.1) is 0 Å². The van der Waals surface area contributed by atoms with Crippen molar-refractivity contribution in [3.8, 4) is 0 Å². The topological polar surface area (TPSA) is 59.6 Å². The van der Waals surface area contributed by atoms with E-state index in [1.807, 2.05) is 6.07 Å². The van der Waals surface area contributed by atoms with Crippen molar-refractivity contribution < 1.29 is 4.74 Å². The van der Waals surface area contributed by atoms with Crippen LogP contribution >= 0.6 is 0 Å². The number of ether oxygens (including phenoxy) is 1. The smallest absolute Gasteiger partial charge is 0.193 e. The highest BCUT2D eigenvalue weighted by Crippen LogP contribution is 2.33. The lowest BCUT2D eigenvalue weighted by Gasteiger charge is -2.31. The van der Waals surface area contributed by atoms with Crippen molar-refractivity contribution in [3.05, 3.63) is 65.2 Å². The predicted molar refractivity (Wildman–Crippen MR) is 106 cm³/mol. The number of rotatable bonds is 4. The zero-order chi connectivity index (χ0) is 17.8. The third-order valence-corrected chi connectivity index (χ3v) is 5.44. The minimum atomic E-state index is 0.112. The molecule has 2 aliphatic rings. The molecule has 1 fully saturated rings. The van der Waals surface area contributed by atoms with Crippen molar-refractivity contribution in [1.82, 2.24) is 0 Å². The first-order valence-electron chi connectivity index (χ1n) is 9.65. The highest BCUT2D eigenvalue weighted by Gasteiger charge is 2.27. The van der Waals surface area contributed by atoms with Crippen LogP contribution in [0.5, 0.6) is 0 Å². The summed E-state index contributed by atoms with van der Waals surface area (Å²) in [5.74, 6) is 0.854. The number of nitrogens with zero attached hydrogens (tertiary/aromatic N) is 1. The van der Waals surface area contributed by atoms with Gasteiger partial charge >= 0.3 is 0 Å². The predicted octanol–water partition coefficient (Wildman–Crippen LogP) is 4.07. The Hall–Kier alpha value is -2.33. The molecule has 136 valence electrons. The zero-order valence-electron chi connectivity index (χ0n) is 15.2. The molecule has 2 unspecified atom stereocenters. The summed E-state index contributed by atoms with van der Waals surface area (Å²) in [7, 11) is 0. The van der Waals surface area contributed by atoms with Crippen molar-refractivity contribution in [2.75, 3.05) is 18.5 Å². The van der Waals surface area contributed by atoms with Crippen molar-refractivity contribution >= 4 is 11.6 Å². The molecule has 2 aromatic rings. The maximum atomic E-state index is 6.15. The lowest BCUT2D eigenvalue weighted by atomic mass is 9.89. The second kappa shape index (κ2) is 7.92. The first-order valence-corrected chi connectivity index (χ1v) is 9.65. The molecule has 0 amide bonds. The average Bonchev–Trinajstić information content (AvgIpc) is 3.15. The molecule has 0 radical (unpaired) electrons. The van der Waals surface area contributed by atoms with Gasteiger partial charge in [-0.05, 0) is 60.9 Å². The van der Waals surface area contributed by atoms with Crippen LogP contribution in [0.2, 0.25) is 0 Å². The maximum absolute atomic E-state index is 6.15. The van der Waals surface area contributed by atoms with E-state index in [0.29, 0.717) is 18.4 Å². The van der Waals surface area contributed by atoms with Crippen LogP contribution in [0.1, 0.15) is 42.1 Å². The molecule has 4 rings (SSSR count). The maximum Gasteiger partial charge on any atom is 0.193 e. The molecule has 0 spiro atoms. The number of hydrogen-bond donors (Lipinski definition) is 2. The quantitative estimate of drug-likeness (QED) is 0.646. The van der Waals surface area contributed by atoms with Gasteiger partial charge in [-0.2, -0.15) is 0 Å². The fraction of sp³-hybridized carbons (Fsp3) is 0.409. The Morgan fingerprint density at radius 1 is 1.08 bits per heavy atom. The average molecular weight is 349 g/mol. The molecular formula is C22H27N3O. The Morgan fingerprint density at radius 2 is 1.92 bits per heavy atom. The summed E-state index contributed by atoms with van der Waals surface area (Å²) in [5, 5.41) is 3.25. The number of fused-ring (bicyclic) bond motifs is 1. The Morgan fingerprint density at radius 3 is 2.81 bits per heavy atom. The molecular weight excluding hydrogens is 322 g/mol. The molecule has 1 aliphatic carbocycles.